The molecule has 0 aromatic heterocycles. The molecule has 0 saturated carbocycles. The zero-order chi connectivity index (χ0) is 20.3. The van der Waals surface area contributed by atoms with Crippen molar-refractivity contribution in [3.05, 3.63) is 33.3 Å². The van der Waals surface area contributed by atoms with Crippen molar-refractivity contribution in [1.82, 2.24) is 20.4 Å². The summed E-state index contributed by atoms with van der Waals surface area (Å²) >= 11 is 12.3. The molecular weight excluding hydrogens is 403 g/mol. The van der Waals surface area contributed by atoms with Gasteiger partial charge in [0, 0.05) is 46.1 Å². The van der Waals surface area contributed by atoms with Crippen molar-refractivity contribution in [1.29, 1.82) is 0 Å². The number of hydrogen-bond acceptors (Lipinski definition) is 3. The van der Waals surface area contributed by atoms with Gasteiger partial charge in [0.1, 0.15) is 0 Å². The van der Waals surface area contributed by atoms with Crippen LogP contribution in [0.4, 0.5) is 4.79 Å². The minimum atomic E-state index is -0.307. The van der Waals surface area contributed by atoms with Crippen molar-refractivity contribution in [2.45, 2.75) is 32.2 Å². The lowest BCUT2D eigenvalue weighted by molar-refractivity contribution is -0.138. The Bertz CT molecular complexity index is 779. The van der Waals surface area contributed by atoms with Crippen LogP contribution in [0.2, 0.25) is 10.0 Å². The zero-order valence-corrected chi connectivity index (χ0v) is 17.3. The van der Waals surface area contributed by atoms with Gasteiger partial charge in [0.15, 0.2) is 0 Å². The molecular formula is C19H24Cl2N4O3. The molecule has 9 heteroatoms. The first-order valence-corrected chi connectivity index (χ1v) is 10.2. The monoisotopic (exact) mass is 426 g/mol. The molecule has 1 fully saturated rings. The van der Waals surface area contributed by atoms with Gasteiger partial charge < -0.3 is 20.4 Å². The van der Waals surface area contributed by atoms with E-state index in [9.17, 15) is 14.4 Å². The normalized spacial score (nSPS) is 18.6. The third-order valence-electron chi connectivity index (χ3n) is 5.30. The summed E-state index contributed by atoms with van der Waals surface area (Å²) in [5.41, 5.74) is 1.98. The third-order valence-corrected chi connectivity index (χ3v) is 6.14. The molecule has 0 radical (unpaired) electrons. The molecule has 7 nitrogen and oxygen atoms in total. The molecule has 2 N–H and O–H groups in total. The maximum Gasteiger partial charge on any atom is 0.315 e. The quantitative estimate of drug-likeness (QED) is 0.774. The van der Waals surface area contributed by atoms with Crippen LogP contribution in [0, 0.1) is 0 Å². The van der Waals surface area contributed by atoms with Crippen LogP contribution >= 0.6 is 23.2 Å². The Labute approximate surface area is 174 Å². The van der Waals surface area contributed by atoms with Crippen LogP contribution in [-0.2, 0) is 16.0 Å². The SMILES string of the molecule is CC(=O)N1CCN(C(=O)CCNC(=O)NC2CCc3c2ccc(Cl)c3Cl)CC1. The fourth-order valence-electron chi connectivity index (χ4n) is 3.70. The van der Waals surface area contributed by atoms with E-state index in [1.165, 1.54) is 6.92 Å². The fourth-order valence-corrected chi connectivity index (χ4v) is 4.15. The Morgan fingerprint density at radius 2 is 1.79 bits per heavy atom. The molecule has 3 rings (SSSR count). The number of urea groups is 1. The smallest absolute Gasteiger partial charge is 0.315 e. The second kappa shape index (κ2) is 9.01. The van der Waals surface area contributed by atoms with Crippen LogP contribution in [0.1, 0.15) is 36.9 Å². The van der Waals surface area contributed by atoms with Crippen molar-refractivity contribution in [3.63, 3.8) is 0 Å². The van der Waals surface area contributed by atoms with Gasteiger partial charge in [-0.25, -0.2) is 4.79 Å². The van der Waals surface area contributed by atoms with Gasteiger partial charge in [-0.3, -0.25) is 9.59 Å². The molecule has 1 saturated heterocycles. The van der Waals surface area contributed by atoms with Crippen LogP contribution in [0.25, 0.3) is 0 Å². The molecule has 28 heavy (non-hydrogen) atoms. The number of benzene rings is 1. The minimum absolute atomic E-state index is 0.0175. The molecule has 1 unspecified atom stereocenters. The van der Waals surface area contributed by atoms with E-state index in [2.05, 4.69) is 10.6 Å². The van der Waals surface area contributed by atoms with Crippen LogP contribution in [-0.4, -0.2) is 60.4 Å². The number of nitrogens with one attached hydrogen (secondary N) is 2. The first-order chi connectivity index (χ1) is 13.4. The van der Waals surface area contributed by atoms with Crippen LogP contribution in [0.15, 0.2) is 12.1 Å². The molecule has 1 aliphatic heterocycles. The lowest BCUT2D eigenvalue weighted by atomic mass is 10.1. The van der Waals surface area contributed by atoms with Gasteiger partial charge in [0.25, 0.3) is 0 Å². The summed E-state index contributed by atoms with van der Waals surface area (Å²) in [6.07, 6.45) is 1.77. The molecule has 1 aromatic rings. The highest BCUT2D eigenvalue weighted by Gasteiger charge is 2.27. The zero-order valence-electron chi connectivity index (χ0n) is 15.8. The lowest BCUT2D eigenvalue weighted by Gasteiger charge is -2.34. The average Bonchev–Trinajstić information content (AvgIpc) is 3.08. The number of halogens is 2. The van der Waals surface area contributed by atoms with Gasteiger partial charge in [-0.15, -0.1) is 0 Å². The summed E-state index contributed by atoms with van der Waals surface area (Å²) in [5, 5.41) is 6.75. The maximum absolute atomic E-state index is 12.3. The van der Waals surface area contributed by atoms with Crippen LogP contribution in [0.5, 0.6) is 0 Å². The van der Waals surface area contributed by atoms with Gasteiger partial charge in [0.05, 0.1) is 16.1 Å². The van der Waals surface area contributed by atoms with Gasteiger partial charge in [-0.2, -0.15) is 0 Å². The standard InChI is InChI=1S/C19H24Cl2N4O3/c1-12(26)24-8-10-25(11-9-24)17(27)6-7-22-19(28)23-16-5-3-14-13(16)2-4-15(20)18(14)21/h2,4,16H,3,5-11H2,1H3,(H2,22,23,28). The molecule has 2 aliphatic rings. The summed E-state index contributed by atoms with van der Waals surface area (Å²) in [6.45, 7) is 3.98. The molecule has 1 aliphatic carbocycles. The number of amides is 4. The molecule has 1 aromatic carbocycles. The molecule has 1 atom stereocenters. The highest BCUT2D eigenvalue weighted by Crippen LogP contribution is 2.38. The number of fused-ring (bicyclic) bond motifs is 1. The molecule has 152 valence electrons. The Balaban J connectivity index is 1.41. The van der Waals surface area contributed by atoms with Gasteiger partial charge in [-0.1, -0.05) is 29.3 Å². The van der Waals surface area contributed by atoms with Crippen molar-refractivity contribution in [2.75, 3.05) is 32.7 Å². The molecule has 0 spiro atoms. The average molecular weight is 427 g/mol. The summed E-state index contributed by atoms with van der Waals surface area (Å²) in [6, 6.07) is 3.22. The Kier molecular flexibility index (Phi) is 6.67. The van der Waals surface area contributed by atoms with Gasteiger partial charge in [-0.05, 0) is 30.0 Å². The Morgan fingerprint density at radius 1 is 1.11 bits per heavy atom. The lowest BCUT2D eigenvalue weighted by Crippen LogP contribution is -2.50. The molecule has 1 heterocycles. The minimum Gasteiger partial charge on any atom is -0.339 e. The van der Waals surface area contributed by atoms with Gasteiger partial charge >= 0.3 is 6.03 Å². The first kappa shape index (κ1) is 20.7. The van der Waals surface area contributed by atoms with E-state index in [-0.39, 0.29) is 36.9 Å². The maximum atomic E-state index is 12.3. The van der Waals surface area contributed by atoms with Crippen molar-refractivity contribution >= 4 is 41.0 Å². The summed E-state index contributed by atoms with van der Waals surface area (Å²) < 4.78 is 0. The third kappa shape index (κ3) is 4.70. The topological polar surface area (TPSA) is 81.8 Å². The van der Waals surface area contributed by atoms with E-state index in [1.807, 2.05) is 6.07 Å². The Hall–Kier alpha value is -1.99. The van der Waals surface area contributed by atoms with E-state index in [4.69, 9.17) is 23.2 Å². The highest BCUT2D eigenvalue weighted by molar-refractivity contribution is 6.42. The predicted octanol–water partition coefficient (Wildman–Crippen LogP) is 2.36. The van der Waals surface area contributed by atoms with E-state index in [0.717, 1.165) is 24.0 Å². The van der Waals surface area contributed by atoms with Gasteiger partial charge in [0.2, 0.25) is 11.8 Å². The van der Waals surface area contributed by atoms with E-state index in [0.29, 0.717) is 36.2 Å². The van der Waals surface area contributed by atoms with Crippen LogP contribution in [0.3, 0.4) is 0 Å². The second-order valence-electron chi connectivity index (χ2n) is 7.06. The number of carbonyl (C=O) groups is 3. The first-order valence-electron chi connectivity index (χ1n) is 9.41. The number of piperazine rings is 1. The van der Waals surface area contributed by atoms with E-state index in [1.54, 1.807) is 15.9 Å². The second-order valence-corrected chi connectivity index (χ2v) is 7.84. The number of rotatable bonds is 4. The summed E-state index contributed by atoms with van der Waals surface area (Å²) in [7, 11) is 0. The highest BCUT2D eigenvalue weighted by atomic mass is 35.5. The predicted molar refractivity (Wildman–Crippen MR) is 108 cm³/mol. The number of carbonyl (C=O) groups excluding carboxylic acids is 3. The Morgan fingerprint density at radius 3 is 2.46 bits per heavy atom. The number of nitrogens with zero attached hydrogens (tertiary/aromatic N) is 2. The summed E-state index contributed by atoms with van der Waals surface area (Å²) in [5.74, 6) is 0.0126. The number of hydrogen-bond donors (Lipinski definition) is 2. The van der Waals surface area contributed by atoms with Crippen LogP contribution < -0.4 is 10.6 Å². The fraction of sp³-hybridized carbons (Fsp3) is 0.526. The summed E-state index contributed by atoms with van der Waals surface area (Å²) in [4.78, 5) is 39.2. The van der Waals surface area contributed by atoms with Crippen molar-refractivity contribution in [3.8, 4) is 0 Å². The van der Waals surface area contributed by atoms with Crippen molar-refractivity contribution in [2.24, 2.45) is 0 Å². The van der Waals surface area contributed by atoms with E-state index < -0.39 is 0 Å². The van der Waals surface area contributed by atoms with E-state index >= 15 is 0 Å². The molecule has 4 amide bonds. The van der Waals surface area contributed by atoms with Crippen molar-refractivity contribution < 1.29 is 14.4 Å². The molecule has 0 bridgehead atoms. The largest absolute Gasteiger partial charge is 0.339 e.